The summed E-state index contributed by atoms with van der Waals surface area (Å²) in [5.74, 6) is -1.72. The molecule has 0 bridgehead atoms. The average Bonchev–Trinajstić information content (AvgIpc) is 2.87. The highest BCUT2D eigenvalue weighted by molar-refractivity contribution is 5.94. The van der Waals surface area contributed by atoms with Crippen molar-refractivity contribution in [1.29, 1.82) is 0 Å². The molecule has 218 valence electrons. The molecular weight excluding hydrogens is 508 g/mol. The van der Waals surface area contributed by atoms with Gasteiger partial charge in [-0.15, -0.1) is 0 Å². The Morgan fingerprint density at radius 1 is 0.975 bits per heavy atom. The van der Waals surface area contributed by atoms with Crippen LogP contribution in [0.5, 0.6) is 0 Å². The van der Waals surface area contributed by atoms with Crippen LogP contribution in [-0.4, -0.2) is 46.9 Å². The van der Waals surface area contributed by atoms with Gasteiger partial charge in [0.05, 0.1) is 6.42 Å². The Morgan fingerprint density at radius 3 is 2.23 bits per heavy atom. The van der Waals surface area contributed by atoms with Gasteiger partial charge in [-0.25, -0.2) is 4.79 Å². The third kappa shape index (κ3) is 10.4. The smallest absolute Gasteiger partial charge is 0.408 e. The van der Waals surface area contributed by atoms with E-state index in [0.717, 1.165) is 29.5 Å². The Morgan fingerprint density at radius 2 is 1.65 bits per heavy atom. The van der Waals surface area contributed by atoms with Crippen LogP contribution in [-0.2, 0) is 25.7 Å². The standard InChI is InChI=1S/C31H44N4O5/c1-7-8-12-17-35(29(38)25(19-26(32)36)34-30(39)40-31(4,5)6)27(24-16-15-21(2)22(3)18-24)28(37)33-20-23-13-10-9-11-14-23/h9-11,13-16,18,25,27H,7-8,12,17,19-20H2,1-6H3,(H2,32,36)(H,33,37)(H,34,39). The molecule has 0 aliphatic rings. The van der Waals surface area contributed by atoms with Crippen molar-refractivity contribution in [1.82, 2.24) is 15.5 Å². The lowest BCUT2D eigenvalue weighted by molar-refractivity contribution is -0.143. The molecule has 2 aromatic carbocycles. The molecule has 0 fully saturated rings. The molecule has 2 unspecified atom stereocenters. The number of ether oxygens (including phenoxy) is 1. The van der Waals surface area contributed by atoms with Gasteiger partial charge in [0.2, 0.25) is 17.7 Å². The van der Waals surface area contributed by atoms with Crippen molar-refractivity contribution in [3.8, 4) is 0 Å². The van der Waals surface area contributed by atoms with Gasteiger partial charge in [0, 0.05) is 13.1 Å². The van der Waals surface area contributed by atoms with E-state index in [4.69, 9.17) is 10.5 Å². The fourth-order valence-corrected chi connectivity index (χ4v) is 4.24. The van der Waals surface area contributed by atoms with Crippen LogP contribution < -0.4 is 16.4 Å². The zero-order valence-electron chi connectivity index (χ0n) is 24.6. The fourth-order valence-electron chi connectivity index (χ4n) is 4.24. The van der Waals surface area contributed by atoms with Crippen LogP contribution in [0.2, 0.25) is 0 Å². The minimum absolute atomic E-state index is 0.244. The van der Waals surface area contributed by atoms with E-state index in [2.05, 4.69) is 10.6 Å². The number of nitrogens with zero attached hydrogens (tertiary/aromatic N) is 1. The summed E-state index contributed by atoms with van der Waals surface area (Å²) in [4.78, 5) is 54.0. The minimum atomic E-state index is -1.30. The molecule has 2 atom stereocenters. The number of hydrogen-bond donors (Lipinski definition) is 3. The zero-order valence-corrected chi connectivity index (χ0v) is 24.6. The highest BCUT2D eigenvalue weighted by atomic mass is 16.6. The third-order valence-corrected chi connectivity index (χ3v) is 6.40. The van der Waals surface area contributed by atoms with Crippen molar-refractivity contribution in [3.63, 3.8) is 0 Å². The van der Waals surface area contributed by atoms with Crippen LogP contribution in [0.1, 0.15) is 81.7 Å². The maximum Gasteiger partial charge on any atom is 0.408 e. The molecule has 0 spiro atoms. The highest BCUT2D eigenvalue weighted by Crippen LogP contribution is 2.26. The number of carbonyl (C=O) groups excluding carboxylic acids is 4. The number of carbonyl (C=O) groups is 4. The van der Waals surface area contributed by atoms with Gasteiger partial charge in [0.15, 0.2) is 0 Å². The normalized spacial score (nSPS) is 12.7. The Hall–Kier alpha value is -3.88. The maximum atomic E-state index is 14.1. The first-order valence-corrected chi connectivity index (χ1v) is 13.8. The van der Waals surface area contributed by atoms with Crippen molar-refractivity contribution in [3.05, 3.63) is 70.8 Å². The number of primary amides is 1. The largest absolute Gasteiger partial charge is 0.444 e. The second kappa shape index (κ2) is 15.1. The molecule has 0 saturated heterocycles. The summed E-state index contributed by atoms with van der Waals surface area (Å²) in [5, 5.41) is 5.49. The molecule has 9 heteroatoms. The van der Waals surface area contributed by atoms with E-state index in [9.17, 15) is 19.2 Å². The summed E-state index contributed by atoms with van der Waals surface area (Å²) >= 11 is 0. The van der Waals surface area contributed by atoms with Crippen LogP contribution in [0.25, 0.3) is 0 Å². The monoisotopic (exact) mass is 552 g/mol. The van der Waals surface area contributed by atoms with Gasteiger partial charge in [0.1, 0.15) is 17.7 Å². The van der Waals surface area contributed by atoms with Gasteiger partial charge in [-0.3, -0.25) is 14.4 Å². The van der Waals surface area contributed by atoms with E-state index < -0.39 is 42.0 Å². The molecule has 0 heterocycles. The number of nitrogens with one attached hydrogen (secondary N) is 2. The van der Waals surface area contributed by atoms with Crippen LogP contribution in [0, 0.1) is 13.8 Å². The topological polar surface area (TPSA) is 131 Å². The second-order valence-electron chi connectivity index (χ2n) is 11.1. The number of benzene rings is 2. The number of amides is 4. The first-order valence-electron chi connectivity index (χ1n) is 13.8. The summed E-state index contributed by atoms with van der Waals surface area (Å²) in [6, 6.07) is 12.8. The molecule has 0 radical (unpaired) electrons. The number of hydrogen-bond acceptors (Lipinski definition) is 5. The summed E-state index contributed by atoms with van der Waals surface area (Å²) in [6.45, 7) is 11.6. The molecule has 2 rings (SSSR count). The third-order valence-electron chi connectivity index (χ3n) is 6.40. The second-order valence-corrected chi connectivity index (χ2v) is 11.1. The van der Waals surface area contributed by atoms with E-state index in [1.54, 1.807) is 20.8 Å². The first kappa shape index (κ1) is 32.3. The zero-order chi connectivity index (χ0) is 29.9. The summed E-state index contributed by atoms with van der Waals surface area (Å²) in [5.41, 5.74) is 8.22. The summed E-state index contributed by atoms with van der Waals surface area (Å²) in [6.07, 6.45) is 1.07. The van der Waals surface area contributed by atoms with Crippen molar-refractivity contribution in [2.24, 2.45) is 5.73 Å². The van der Waals surface area contributed by atoms with Gasteiger partial charge in [-0.2, -0.15) is 0 Å². The molecule has 9 nitrogen and oxygen atoms in total. The number of aryl methyl sites for hydroxylation is 2. The first-order chi connectivity index (χ1) is 18.8. The van der Waals surface area contributed by atoms with Crippen LogP contribution in [0.15, 0.2) is 48.5 Å². The van der Waals surface area contributed by atoms with Crippen LogP contribution in [0.3, 0.4) is 0 Å². The lowest BCUT2D eigenvalue weighted by Crippen LogP contribution is -2.54. The van der Waals surface area contributed by atoms with E-state index in [0.29, 0.717) is 12.0 Å². The minimum Gasteiger partial charge on any atom is -0.444 e. The van der Waals surface area contributed by atoms with Crippen molar-refractivity contribution in [2.45, 2.75) is 91.5 Å². The number of unbranched alkanes of at least 4 members (excludes halogenated alkanes) is 2. The lowest BCUT2D eigenvalue weighted by Gasteiger charge is -2.34. The number of alkyl carbamates (subject to hydrolysis) is 1. The average molecular weight is 553 g/mol. The van der Waals surface area contributed by atoms with Gasteiger partial charge >= 0.3 is 6.09 Å². The van der Waals surface area contributed by atoms with Gasteiger partial charge in [-0.05, 0) is 63.3 Å². The SMILES string of the molecule is CCCCCN(C(=O)C(CC(N)=O)NC(=O)OC(C)(C)C)C(C(=O)NCc1ccccc1)c1ccc(C)c(C)c1. The molecule has 0 saturated carbocycles. The van der Waals surface area contributed by atoms with E-state index in [-0.39, 0.29) is 19.0 Å². The lowest BCUT2D eigenvalue weighted by atomic mass is 9.97. The summed E-state index contributed by atoms with van der Waals surface area (Å²) in [7, 11) is 0. The maximum absolute atomic E-state index is 14.1. The molecule has 0 aliphatic heterocycles. The van der Waals surface area contributed by atoms with Crippen molar-refractivity contribution >= 4 is 23.8 Å². The van der Waals surface area contributed by atoms with Crippen LogP contribution in [0.4, 0.5) is 4.79 Å². The van der Waals surface area contributed by atoms with Crippen LogP contribution >= 0.6 is 0 Å². The van der Waals surface area contributed by atoms with Gasteiger partial charge < -0.3 is 26.0 Å². The molecule has 0 aromatic heterocycles. The number of nitrogens with two attached hydrogens (primary N) is 1. The molecule has 2 aromatic rings. The van der Waals surface area contributed by atoms with Gasteiger partial charge in [0.25, 0.3) is 0 Å². The highest BCUT2D eigenvalue weighted by Gasteiger charge is 2.36. The summed E-state index contributed by atoms with van der Waals surface area (Å²) < 4.78 is 5.34. The predicted molar refractivity (Wildman–Crippen MR) is 155 cm³/mol. The number of rotatable bonds is 13. The molecule has 4 amide bonds. The van der Waals surface area contributed by atoms with E-state index in [1.807, 2.05) is 69.3 Å². The molecular formula is C31H44N4O5. The quantitative estimate of drug-likeness (QED) is 0.316. The Labute approximate surface area is 237 Å². The Kier molecular flexibility index (Phi) is 12.2. The predicted octanol–water partition coefficient (Wildman–Crippen LogP) is 4.45. The van der Waals surface area contributed by atoms with Crippen molar-refractivity contribution < 1.29 is 23.9 Å². The van der Waals surface area contributed by atoms with Gasteiger partial charge in [-0.1, -0.05) is 68.3 Å². The fraction of sp³-hybridized carbons (Fsp3) is 0.484. The molecule has 0 aliphatic carbocycles. The van der Waals surface area contributed by atoms with E-state index >= 15 is 0 Å². The Bertz CT molecular complexity index is 1160. The van der Waals surface area contributed by atoms with E-state index in [1.165, 1.54) is 4.90 Å². The Balaban J connectivity index is 2.51. The molecule has 4 N–H and O–H groups in total. The van der Waals surface area contributed by atoms with Crippen molar-refractivity contribution in [2.75, 3.05) is 6.54 Å². The molecule has 40 heavy (non-hydrogen) atoms.